The number of nitrogens with one attached hydrogen (secondary N) is 1. The van der Waals surface area contributed by atoms with E-state index in [0.717, 1.165) is 30.5 Å². The van der Waals surface area contributed by atoms with Crippen molar-refractivity contribution in [1.82, 2.24) is 15.1 Å². The molecule has 1 aromatic heterocycles. The molecule has 0 spiro atoms. The number of aromatic nitrogens is 2. The molecule has 0 saturated heterocycles. The van der Waals surface area contributed by atoms with Crippen LogP contribution in [0.2, 0.25) is 0 Å². The van der Waals surface area contributed by atoms with E-state index >= 15 is 0 Å². The number of nitrogens with zero attached hydrogens (tertiary/aromatic N) is 2. The van der Waals surface area contributed by atoms with Crippen LogP contribution in [-0.2, 0) is 11.2 Å². The van der Waals surface area contributed by atoms with Gasteiger partial charge in [0.1, 0.15) is 0 Å². The minimum Gasteiger partial charge on any atom is -0.349 e. The Morgan fingerprint density at radius 2 is 2.26 bits per heavy atom. The van der Waals surface area contributed by atoms with E-state index in [2.05, 4.69) is 42.5 Å². The fourth-order valence-electron chi connectivity index (χ4n) is 3.28. The van der Waals surface area contributed by atoms with Crippen molar-refractivity contribution in [2.45, 2.75) is 45.6 Å². The summed E-state index contributed by atoms with van der Waals surface area (Å²) in [7, 11) is 0. The Morgan fingerprint density at radius 3 is 3.04 bits per heavy atom. The maximum atomic E-state index is 11.9. The maximum absolute atomic E-state index is 11.9. The van der Waals surface area contributed by atoms with Crippen molar-refractivity contribution in [3.05, 3.63) is 46.8 Å². The van der Waals surface area contributed by atoms with Crippen LogP contribution in [0.1, 0.15) is 47.7 Å². The molecule has 5 heteroatoms. The lowest BCUT2D eigenvalue weighted by atomic mass is 9.92. The van der Waals surface area contributed by atoms with Crippen LogP contribution in [-0.4, -0.2) is 22.2 Å². The lowest BCUT2D eigenvalue weighted by molar-refractivity contribution is -0.121. The smallest absolute Gasteiger partial charge is 0.221 e. The van der Waals surface area contributed by atoms with Gasteiger partial charge in [-0.2, -0.15) is 5.10 Å². The molecular formula is C18H24N4O. The molecule has 122 valence electrons. The van der Waals surface area contributed by atoms with E-state index in [0.29, 0.717) is 13.0 Å². The maximum Gasteiger partial charge on any atom is 0.221 e. The van der Waals surface area contributed by atoms with E-state index in [9.17, 15) is 4.79 Å². The Morgan fingerprint density at radius 1 is 1.43 bits per heavy atom. The third-order valence-electron chi connectivity index (χ3n) is 4.69. The number of hydrogen-bond acceptors (Lipinski definition) is 3. The number of aryl methyl sites for hydroxylation is 1. The van der Waals surface area contributed by atoms with E-state index in [4.69, 9.17) is 5.73 Å². The van der Waals surface area contributed by atoms with Gasteiger partial charge < -0.3 is 11.1 Å². The summed E-state index contributed by atoms with van der Waals surface area (Å²) < 4.78 is 2.04. The molecule has 5 nitrogen and oxygen atoms in total. The highest BCUT2D eigenvalue weighted by Crippen LogP contribution is 2.32. The van der Waals surface area contributed by atoms with Gasteiger partial charge in [0.25, 0.3) is 0 Å². The van der Waals surface area contributed by atoms with Crippen LogP contribution in [0.4, 0.5) is 0 Å². The number of fused-ring (bicyclic) bond motifs is 1. The van der Waals surface area contributed by atoms with Crippen molar-refractivity contribution >= 4 is 5.91 Å². The summed E-state index contributed by atoms with van der Waals surface area (Å²) in [5.41, 5.74) is 11.4. The molecule has 0 aliphatic heterocycles. The molecule has 1 heterocycles. The first kappa shape index (κ1) is 15.7. The Hall–Kier alpha value is -2.14. The quantitative estimate of drug-likeness (QED) is 0.910. The highest BCUT2D eigenvalue weighted by atomic mass is 16.1. The molecule has 23 heavy (non-hydrogen) atoms. The van der Waals surface area contributed by atoms with Gasteiger partial charge in [-0.1, -0.05) is 12.1 Å². The Balaban J connectivity index is 1.94. The van der Waals surface area contributed by atoms with Crippen molar-refractivity contribution in [2.24, 2.45) is 5.73 Å². The minimum absolute atomic E-state index is 0.0184. The van der Waals surface area contributed by atoms with E-state index in [1.165, 1.54) is 16.8 Å². The standard InChI is InChI=1S/C18H24N4O/c1-12-5-3-7-16(13(12)2)22-17-8-4-6-15(14(17)11-20-22)21-18(23)9-10-19/h3,5,7,11,15H,4,6,8-10,19H2,1-2H3,(H,21,23)/t15-/m1/s1. The molecule has 0 bridgehead atoms. The molecule has 0 fully saturated rings. The van der Waals surface area contributed by atoms with Crippen LogP contribution in [0.15, 0.2) is 24.4 Å². The van der Waals surface area contributed by atoms with Gasteiger partial charge in [-0.25, -0.2) is 4.68 Å². The topological polar surface area (TPSA) is 72.9 Å². The number of hydrogen-bond donors (Lipinski definition) is 2. The lowest BCUT2D eigenvalue weighted by Crippen LogP contribution is -2.32. The molecule has 1 aromatic carbocycles. The predicted octanol–water partition coefficient (Wildman–Crippen LogP) is 2.33. The average molecular weight is 312 g/mol. The number of carbonyl (C=O) groups is 1. The van der Waals surface area contributed by atoms with E-state index in [1.807, 2.05) is 10.9 Å². The van der Waals surface area contributed by atoms with Gasteiger partial charge >= 0.3 is 0 Å². The van der Waals surface area contributed by atoms with Crippen molar-refractivity contribution in [2.75, 3.05) is 6.54 Å². The second-order valence-corrected chi connectivity index (χ2v) is 6.23. The molecule has 0 saturated carbocycles. The highest BCUT2D eigenvalue weighted by molar-refractivity contribution is 5.76. The first-order valence-corrected chi connectivity index (χ1v) is 8.24. The summed E-state index contributed by atoms with van der Waals surface area (Å²) in [6, 6.07) is 6.34. The van der Waals surface area contributed by atoms with Gasteiger partial charge in [-0.3, -0.25) is 4.79 Å². The zero-order valence-electron chi connectivity index (χ0n) is 13.8. The second kappa shape index (κ2) is 6.54. The van der Waals surface area contributed by atoms with Gasteiger partial charge in [-0.15, -0.1) is 0 Å². The van der Waals surface area contributed by atoms with Gasteiger partial charge in [-0.05, 0) is 50.3 Å². The Bertz CT molecular complexity index is 720. The van der Waals surface area contributed by atoms with E-state index in [-0.39, 0.29) is 11.9 Å². The normalized spacial score (nSPS) is 16.9. The molecule has 0 radical (unpaired) electrons. The first-order chi connectivity index (χ1) is 11.1. The van der Waals surface area contributed by atoms with E-state index in [1.54, 1.807) is 0 Å². The number of carbonyl (C=O) groups excluding carboxylic acids is 1. The number of nitrogens with two attached hydrogens (primary N) is 1. The monoisotopic (exact) mass is 312 g/mol. The summed E-state index contributed by atoms with van der Waals surface area (Å²) in [6.45, 7) is 4.62. The van der Waals surface area contributed by atoms with Crippen LogP contribution in [0.5, 0.6) is 0 Å². The van der Waals surface area contributed by atoms with Crippen molar-refractivity contribution in [3.8, 4) is 5.69 Å². The molecule has 1 amide bonds. The molecule has 2 aromatic rings. The number of amides is 1. The summed E-state index contributed by atoms with van der Waals surface area (Å²) >= 11 is 0. The number of rotatable bonds is 4. The zero-order valence-corrected chi connectivity index (χ0v) is 13.8. The number of benzene rings is 1. The fourth-order valence-corrected chi connectivity index (χ4v) is 3.28. The summed E-state index contributed by atoms with van der Waals surface area (Å²) in [4.78, 5) is 11.9. The largest absolute Gasteiger partial charge is 0.349 e. The van der Waals surface area contributed by atoms with Crippen LogP contribution in [0.25, 0.3) is 5.69 Å². The molecule has 1 atom stereocenters. The molecular weight excluding hydrogens is 288 g/mol. The Labute approximate surface area is 136 Å². The predicted molar refractivity (Wildman–Crippen MR) is 90.5 cm³/mol. The van der Waals surface area contributed by atoms with Crippen LogP contribution in [0.3, 0.4) is 0 Å². The highest BCUT2D eigenvalue weighted by Gasteiger charge is 2.26. The third kappa shape index (κ3) is 3.01. The zero-order chi connectivity index (χ0) is 16.4. The van der Waals surface area contributed by atoms with Crippen LogP contribution >= 0.6 is 0 Å². The average Bonchev–Trinajstić information content (AvgIpc) is 2.95. The first-order valence-electron chi connectivity index (χ1n) is 8.24. The van der Waals surface area contributed by atoms with E-state index < -0.39 is 0 Å². The Kier molecular flexibility index (Phi) is 4.48. The van der Waals surface area contributed by atoms with Crippen molar-refractivity contribution in [1.29, 1.82) is 0 Å². The fraction of sp³-hybridized carbons (Fsp3) is 0.444. The third-order valence-corrected chi connectivity index (χ3v) is 4.69. The van der Waals surface area contributed by atoms with Gasteiger partial charge in [0.05, 0.1) is 17.9 Å². The van der Waals surface area contributed by atoms with Gasteiger partial charge in [0, 0.05) is 24.2 Å². The molecule has 0 unspecified atom stereocenters. The van der Waals surface area contributed by atoms with Crippen LogP contribution in [0, 0.1) is 13.8 Å². The van der Waals surface area contributed by atoms with Gasteiger partial charge in [0.2, 0.25) is 5.91 Å². The van der Waals surface area contributed by atoms with Crippen LogP contribution < -0.4 is 11.1 Å². The summed E-state index contributed by atoms with van der Waals surface area (Å²) in [5, 5.41) is 7.71. The summed E-state index contributed by atoms with van der Waals surface area (Å²) in [5.74, 6) is 0.0184. The molecule has 1 aliphatic carbocycles. The molecule has 3 rings (SSSR count). The summed E-state index contributed by atoms with van der Waals surface area (Å²) in [6.07, 6.45) is 5.28. The van der Waals surface area contributed by atoms with Crippen molar-refractivity contribution in [3.63, 3.8) is 0 Å². The molecule has 3 N–H and O–H groups in total. The molecule has 1 aliphatic rings. The SMILES string of the molecule is Cc1cccc(-n2ncc3c2CCC[C@H]3NC(=O)CCN)c1C. The lowest BCUT2D eigenvalue weighted by Gasteiger charge is -2.24. The van der Waals surface area contributed by atoms with Gasteiger partial charge in [0.15, 0.2) is 0 Å². The minimum atomic E-state index is 0.0184. The second-order valence-electron chi connectivity index (χ2n) is 6.23. The van der Waals surface area contributed by atoms with Crippen molar-refractivity contribution < 1.29 is 4.79 Å².